The Bertz CT molecular complexity index is 829. The Balaban J connectivity index is 1.41. The van der Waals surface area contributed by atoms with Crippen molar-refractivity contribution < 1.29 is 14.3 Å². The van der Waals surface area contributed by atoms with Crippen molar-refractivity contribution >= 4 is 11.6 Å². The first kappa shape index (κ1) is 17.4. The van der Waals surface area contributed by atoms with Crippen LogP contribution in [0.4, 0.5) is 0 Å². The van der Waals surface area contributed by atoms with Crippen molar-refractivity contribution in [2.45, 2.75) is 52.2 Å². The predicted octanol–water partition coefficient (Wildman–Crippen LogP) is 1.95. The smallest absolute Gasteiger partial charge is 0.222 e. The molecule has 2 saturated heterocycles. The van der Waals surface area contributed by atoms with Gasteiger partial charge in [-0.2, -0.15) is 5.10 Å². The SMILES string of the molecule is Cc1cc2nc(C)c(CCC(=O)N3CCC4(CC3)OCCO4)c(C)n2n1. The monoisotopic (exact) mass is 358 g/mol. The Hall–Kier alpha value is -1.99. The highest BCUT2D eigenvalue weighted by Crippen LogP contribution is 2.31. The van der Waals surface area contributed by atoms with Crippen molar-refractivity contribution in [3.63, 3.8) is 0 Å². The number of hydrogen-bond donors (Lipinski definition) is 0. The molecule has 26 heavy (non-hydrogen) atoms. The summed E-state index contributed by atoms with van der Waals surface area (Å²) in [6.07, 6.45) is 2.70. The number of amides is 1. The summed E-state index contributed by atoms with van der Waals surface area (Å²) in [6, 6.07) is 1.98. The summed E-state index contributed by atoms with van der Waals surface area (Å²) in [7, 11) is 0. The van der Waals surface area contributed by atoms with E-state index in [0.29, 0.717) is 39.1 Å². The molecule has 2 aliphatic rings. The molecule has 0 aliphatic carbocycles. The molecular weight excluding hydrogens is 332 g/mol. The zero-order valence-electron chi connectivity index (χ0n) is 15.7. The summed E-state index contributed by atoms with van der Waals surface area (Å²) >= 11 is 0. The summed E-state index contributed by atoms with van der Waals surface area (Å²) in [5.74, 6) is -0.245. The highest BCUT2D eigenvalue weighted by Gasteiger charge is 2.40. The van der Waals surface area contributed by atoms with Gasteiger partial charge < -0.3 is 14.4 Å². The molecule has 7 nitrogen and oxygen atoms in total. The van der Waals surface area contributed by atoms with Gasteiger partial charge in [-0.25, -0.2) is 9.50 Å². The van der Waals surface area contributed by atoms with E-state index in [0.717, 1.165) is 41.1 Å². The van der Waals surface area contributed by atoms with Crippen LogP contribution in [0.1, 0.15) is 41.9 Å². The fourth-order valence-electron chi connectivity index (χ4n) is 4.08. The van der Waals surface area contributed by atoms with E-state index in [-0.39, 0.29) is 5.91 Å². The Kier molecular flexibility index (Phi) is 4.44. The number of aromatic nitrogens is 3. The van der Waals surface area contributed by atoms with Gasteiger partial charge in [0.15, 0.2) is 11.4 Å². The summed E-state index contributed by atoms with van der Waals surface area (Å²) in [4.78, 5) is 19.2. The molecule has 4 rings (SSSR count). The van der Waals surface area contributed by atoms with Crippen LogP contribution in [-0.4, -0.2) is 57.5 Å². The van der Waals surface area contributed by atoms with Crippen molar-refractivity contribution in [2.75, 3.05) is 26.3 Å². The molecule has 0 atom stereocenters. The number of carbonyl (C=O) groups excluding carboxylic acids is 1. The van der Waals surface area contributed by atoms with Gasteiger partial charge in [0, 0.05) is 49.8 Å². The van der Waals surface area contributed by atoms with Crippen LogP contribution in [0, 0.1) is 20.8 Å². The van der Waals surface area contributed by atoms with Gasteiger partial charge in [0.05, 0.1) is 18.9 Å². The molecule has 2 aromatic heterocycles. The molecule has 0 radical (unpaired) electrons. The maximum atomic E-state index is 12.7. The standard InChI is InChI=1S/C19H26N4O3/c1-13-12-17-20-14(2)16(15(3)23(17)21-13)4-5-18(24)22-8-6-19(7-9-22)25-10-11-26-19/h12H,4-11H2,1-3H3. The number of rotatable bonds is 3. The molecule has 140 valence electrons. The van der Waals surface area contributed by atoms with Crippen molar-refractivity contribution in [3.8, 4) is 0 Å². The average molecular weight is 358 g/mol. The van der Waals surface area contributed by atoms with E-state index < -0.39 is 5.79 Å². The van der Waals surface area contributed by atoms with Crippen molar-refractivity contribution in [2.24, 2.45) is 0 Å². The second kappa shape index (κ2) is 6.63. The number of nitrogens with zero attached hydrogens (tertiary/aromatic N) is 4. The highest BCUT2D eigenvalue weighted by atomic mass is 16.7. The van der Waals surface area contributed by atoms with Crippen LogP contribution in [0.2, 0.25) is 0 Å². The summed E-state index contributed by atoms with van der Waals surface area (Å²) in [6.45, 7) is 8.75. The zero-order valence-corrected chi connectivity index (χ0v) is 15.7. The summed E-state index contributed by atoms with van der Waals surface area (Å²) in [5, 5.41) is 4.50. The molecule has 2 aromatic rings. The second-order valence-corrected chi connectivity index (χ2v) is 7.31. The molecule has 0 saturated carbocycles. The van der Waals surface area contributed by atoms with E-state index in [9.17, 15) is 4.79 Å². The van der Waals surface area contributed by atoms with E-state index in [4.69, 9.17) is 9.47 Å². The molecule has 1 spiro atoms. The predicted molar refractivity (Wildman–Crippen MR) is 96.0 cm³/mol. The molecule has 0 bridgehead atoms. The first-order valence-corrected chi connectivity index (χ1v) is 9.36. The van der Waals surface area contributed by atoms with Crippen LogP contribution >= 0.6 is 0 Å². The van der Waals surface area contributed by atoms with Crippen molar-refractivity contribution in [1.82, 2.24) is 19.5 Å². The maximum absolute atomic E-state index is 12.7. The Morgan fingerprint density at radius 2 is 1.88 bits per heavy atom. The molecular formula is C19H26N4O3. The fraction of sp³-hybridized carbons (Fsp3) is 0.632. The lowest BCUT2D eigenvalue weighted by molar-refractivity contribution is -0.187. The lowest BCUT2D eigenvalue weighted by Crippen LogP contribution is -2.47. The van der Waals surface area contributed by atoms with Crippen LogP contribution < -0.4 is 0 Å². The number of carbonyl (C=O) groups is 1. The third-order valence-corrected chi connectivity index (χ3v) is 5.57. The van der Waals surface area contributed by atoms with Crippen LogP contribution in [0.5, 0.6) is 0 Å². The number of likely N-dealkylation sites (tertiary alicyclic amines) is 1. The average Bonchev–Trinajstić information content (AvgIpc) is 3.21. The van der Waals surface area contributed by atoms with Crippen LogP contribution in [-0.2, 0) is 20.7 Å². The summed E-state index contributed by atoms with van der Waals surface area (Å²) < 4.78 is 13.3. The van der Waals surface area contributed by atoms with Crippen LogP contribution in [0.25, 0.3) is 5.65 Å². The Morgan fingerprint density at radius 3 is 2.58 bits per heavy atom. The van der Waals surface area contributed by atoms with Gasteiger partial charge in [0.25, 0.3) is 0 Å². The van der Waals surface area contributed by atoms with Crippen molar-refractivity contribution in [1.29, 1.82) is 0 Å². The van der Waals surface area contributed by atoms with Crippen molar-refractivity contribution in [3.05, 3.63) is 28.7 Å². The molecule has 2 fully saturated rings. The van der Waals surface area contributed by atoms with E-state index in [1.807, 2.05) is 36.3 Å². The third kappa shape index (κ3) is 3.10. The van der Waals surface area contributed by atoms with Gasteiger partial charge in [-0.3, -0.25) is 4.79 Å². The first-order valence-electron chi connectivity index (χ1n) is 9.36. The van der Waals surface area contributed by atoms with Crippen LogP contribution in [0.3, 0.4) is 0 Å². The van der Waals surface area contributed by atoms with Gasteiger partial charge >= 0.3 is 0 Å². The highest BCUT2D eigenvalue weighted by molar-refractivity contribution is 5.76. The lowest BCUT2D eigenvalue weighted by atomic mass is 10.0. The molecule has 7 heteroatoms. The number of hydrogen-bond acceptors (Lipinski definition) is 5. The fourth-order valence-corrected chi connectivity index (χ4v) is 4.08. The van der Waals surface area contributed by atoms with Crippen LogP contribution in [0.15, 0.2) is 6.07 Å². The van der Waals surface area contributed by atoms with Gasteiger partial charge in [-0.1, -0.05) is 0 Å². The molecule has 0 unspecified atom stereocenters. The van der Waals surface area contributed by atoms with E-state index in [2.05, 4.69) is 10.1 Å². The molecule has 2 aliphatic heterocycles. The topological polar surface area (TPSA) is 69.0 Å². The quantitative estimate of drug-likeness (QED) is 0.839. The zero-order chi connectivity index (χ0) is 18.3. The van der Waals surface area contributed by atoms with E-state index in [1.165, 1.54) is 0 Å². The Labute approximate surface area is 153 Å². The maximum Gasteiger partial charge on any atom is 0.222 e. The minimum Gasteiger partial charge on any atom is -0.347 e. The van der Waals surface area contributed by atoms with E-state index in [1.54, 1.807) is 0 Å². The largest absolute Gasteiger partial charge is 0.347 e. The minimum absolute atomic E-state index is 0.188. The number of piperidine rings is 1. The minimum atomic E-state index is -0.434. The van der Waals surface area contributed by atoms with Gasteiger partial charge in [-0.05, 0) is 32.8 Å². The lowest BCUT2D eigenvalue weighted by Gasteiger charge is -2.37. The molecule has 1 amide bonds. The number of fused-ring (bicyclic) bond motifs is 1. The molecule has 0 aromatic carbocycles. The Morgan fingerprint density at radius 1 is 1.19 bits per heavy atom. The third-order valence-electron chi connectivity index (χ3n) is 5.57. The number of ether oxygens (including phenoxy) is 2. The van der Waals surface area contributed by atoms with E-state index >= 15 is 0 Å². The first-order chi connectivity index (χ1) is 12.5. The molecule has 0 N–H and O–H groups in total. The van der Waals surface area contributed by atoms with Gasteiger partial charge in [-0.15, -0.1) is 0 Å². The second-order valence-electron chi connectivity index (χ2n) is 7.31. The normalized spacial score (nSPS) is 19.6. The van der Waals surface area contributed by atoms with Gasteiger partial charge in [0.1, 0.15) is 0 Å². The number of aryl methyl sites for hydroxylation is 3. The molecule has 4 heterocycles. The van der Waals surface area contributed by atoms with Gasteiger partial charge in [0.2, 0.25) is 5.91 Å². The summed E-state index contributed by atoms with van der Waals surface area (Å²) in [5.41, 5.74) is 4.98.